The van der Waals surface area contributed by atoms with Crippen LogP contribution in [0.5, 0.6) is 5.75 Å². The number of para-hydroxylation sites is 2. The van der Waals surface area contributed by atoms with Gasteiger partial charge in [0.15, 0.2) is 5.58 Å². The maximum atomic E-state index is 13.3. The first-order valence-electron chi connectivity index (χ1n) is 8.80. The smallest absolute Gasteiger partial charge is 0.416 e. The minimum atomic E-state index is -4.50. The van der Waals surface area contributed by atoms with E-state index in [1.807, 2.05) is 0 Å². The number of halogens is 4. The molecule has 0 amide bonds. The van der Waals surface area contributed by atoms with Crippen molar-refractivity contribution in [2.45, 2.75) is 19.2 Å². The van der Waals surface area contributed by atoms with Crippen LogP contribution in [0.4, 0.5) is 13.2 Å². The largest absolute Gasteiger partial charge is 0.485 e. The third kappa shape index (κ3) is 4.07. The minimum Gasteiger partial charge on any atom is -0.485 e. The van der Waals surface area contributed by atoms with Crippen LogP contribution in [-0.4, -0.2) is 4.98 Å². The summed E-state index contributed by atoms with van der Waals surface area (Å²) >= 11 is 5.91. The number of nitrogens with zero attached hydrogens (tertiary/aromatic N) is 1. The number of benzene rings is 3. The van der Waals surface area contributed by atoms with Gasteiger partial charge in [-0.3, -0.25) is 0 Å². The maximum absolute atomic E-state index is 13.3. The van der Waals surface area contributed by atoms with Gasteiger partial charge in [0.1, 0.15) is 17.4 Å². The van der Waals surface area contributed by atoms with Gasteiger partial charge in [-0.2, -0.15) is 13.2 Å². The molecule has 0 spiro atoms. The summed E-state index contributed by atoms with van der Waals surface area (Å²) in [7, 11) is 0. The first-order chi connectivity index (χ1) is 13.8. The van der Waals surface area contributed by atoms with Crippen molar-refractivity contribution in [1.29, 1.82) is 0 Å². The SMILES string of the molecule is CC(Oc1ccc(C(F)(F)F)cc1-c1nc2ccccc2o1)c1ccc(Cl)cc1. The maximum Gasteiger partial charge on any atom is 0.416 e. The highest BCUT2D eigenvalue weighted by atomic mass is 35.5. The van der Waals surface area contributed by atoms with Crippen molar-refractivity contribution in [1.82, 2.24) is 4.98 Å². The van der Waals surface area contributed by atoms with Crippen LogP contribution in [0.15, 0.2) is 71.1 Å². The molecule has 7 heteroatoms. The first kappa shape index (κ1) is 19.3. The van der Waals surface area contributed by atoms with E-state index in [4.69, 9.17) is 20.8 Å². The van der Waals surface area contributed by atoms with Gasteiger partial charge in [0.05, 0.1) is 11.1 Å². The summed E-state index contributed by atoms with van der Waals surface area (Å²) < 4.78 is 51.5. The fraction of sp³-hybridized carbons (Fsp3) is 0.136. The molecule has 4 rings (SSSR count). The van der Waals surface area contributed by atoms with Gasteiger partial charge in [0, 0.05) is 5.02 Å². The van der Waals surface area contributed by atoms with Gasteiger partial charge in [-0.1, -0.05) is 35.9 Å². The minimum absolute atomic E-state index is 0.0654. The zero-order chi connectivity index (χ0) is 20.6. The lowest BCUT2D eigenvalue weighted by atomic mass is 10.1. The number of hydrogen-bond acceptors (Lipinski definition) is 3. The van der Waals surface area contributed by atoms with Crippen LogP contribution in [0.3, 0.4) is 0 Å². The molecule has 0 radical (unpaired) electrons. The van der Waals surface area contributed by atoms with Gasteiger partial charge in [-0.25, -0.2) is 4.98 Å². The van der Waals surface area contributed by atoms with Crippen molar-refractivity contribution < 1.29 is 22.3 Å². The molecule has 29 heavy (non-hydrogen) atoms. The normalized spacial score (nSPS) is 12.9. The Morgan fingerprint density at radius 2 is 1.72 bits per heavy atom. The third-order valence-electron chi connectivity index (χ3n) is 4.47. The van der Waals surface area contributed by atoms with Crippen molar-refractivity contribution in [2.75, 3.05) is 0 Å². The average molecular weight is 418 g/mol. The molecule has 0 saturated carbocycles. The van der Waals surface area contributed by atoms with E-state index >= 15 is 0 Å². The summed E-state index contributed by atoms with van der Waals surface area (Å²) in [4.78, 5) is 4.33. The lowest BCUT2D eigenvalue weighted by molar-refractivity contribution is -0.137. The molecule has 0 saturated heterocycles. The van der Waals surface area contributed by atoms with Gasteiger partial charge in [-0.05, 0) is 55.0 Å². The van der Waals surface area contributed by atoms with Crippen molar-refractivity contribution in [3.05, 3.63) is 82.9 Å². The summed E-state index contributed by atoms with van der Waals surface area (Å²) in [5.41, 5.74) is 1.20. The molecule has 0 aliphatic carbocycles. The number of oxazole rings is 1. The molecule has 148 valence electrons. The predicted octanol–water partition coefficient (Wildman–Crippen LogP) is 7.31. The fourth-order valence-electron chi connectivity index (χ4n) is 2.96. The lowest BCUT2D eigenvalue weighted by Gasteiger charge is -2.18. The second kappa shape index (κ2) is 7.44. The number of aromatic nitrogens is 1. The Hall–Kier alpha value is -2.99. The Bertz CT molecular complexity index is 1120. The summed E-state index contributed by atoms with van der Waals surface area (Å²) in [6, 6.07) is 17.3. The molecule has 3 nitrogen and oxygen atoms in total. The zero-order valence-corrected chi connectivity index (χ0v) is 16.0. The summed E-state index contributed by atoms with van der Waals surface area (Å²) in [5.74, 6) is 0.308. The molecular formula is C22H15ClF3NO2. The Kier molecular flexibility index (Phi) is 4.96. The molecule has 1 unspecified atom stereocenters. The quantitative estimate of drug-likeness (QED) is 0.349. The highest BCUT2D eigenvalue weighted by Gasteiger charge is 2.32. The van der Waals surface area contributed by atoms with Crippen molar-refractivity contribution in [3.8, 4) is 17.2 Å². The fourth-order valence-corrected chi connectivity index (χ4v) is 3.08. The van der Waals surface area contributed by atoms with Crippen LogP contribution in [-0.2, 0) is 6.18 Å². The average Bonchev–Trinajstić information content (AvgIpc) is 3.12. The number of ether oxygens (including phenoxy) is 1. The number of rotatable bonds is 4. The Balaban J connectivity index is 1.77. The van der Waals surface area contributed by atoms with Gasteiger partial charge in [0.25, 0.3) is 0 Å². The standard InChI is InChI=1S/C22H15ClF3NO2/c1-13(14-6-9-16(23)10-7-14)28-19-11-8-15(22(24,25)26)12-17(19)21-27-18-4-2-3-5-20(18)29-21/h2-13H,1H3. The van der Waals surface area contributed by atoms with Gasteiger partial charge < -0.3 is 9.15 Å². The molecule has 1 atom stereocenters. The van der Waals surface area contributed by atoms with Gasteiger partial charge >= 0.3 is 6.18 Å². The van der Waals surface area contributed by atoms with Crippen LogP contribution >= 0.6 is 11.6 Å². The Labute approximate surface area is 169 Å². The lowest BCUT2D eigenvalue weighted by Crippen LogP contribution is -2.07. The predicted molar refractivity (Wildman–Crippen MR) is 105 cm³/mol. The highest BCUT2D eigenvalue weighted by molar-refractivity contribution is 6.30. The van der Waals surface area contributed by atoms with Crippen molar-refractivity contribution in [2.24, 2.45) is 0 Å². The van der Waals surface area contributed by atoms with E-state index in [2.05, 4.69) is 4.98 Å². The van der Waals surface area contributed by atoms with Crippen molar-refractivity contribution in [3.63, 3.8) is 0 Å². The molecule has 1 heterocycles. The Morgan fingerprint density at radius 3 is 2.41 bits per heavy atom. The number of fused-ring (bicyclic) bond motifs is 1. The van der Waals surface area contributed by atoms with E-state index in [9.17, 15) is 13.2 Å². The van der Waals surface area contributed by atoms with E-state index in [-0.39, 0.29) is 17.2 Å². The molecule has 4 aromatic rings. The zero-order valence-electron chi connectivity index (χ0n) is 15.2. The van der Waals surface area contributed by atoms with Crippen LogP contribution < -0.4 is 4.74 Å². The van der Waals surface area contributed by atoms with E-state index in [1.165, 1.54) is 6.07 Å². The van der Waals surface area contributed by atoms with Gasteiger partial charge in [0.2, 0.25) is 5.89 Å². The van der Waals surface area contributed by atoms with E-state index in [0.29, 0.717) is 16.1 Å². The van der Waals surface area contributed by atoms with Crippen LogP contribution in [0.25, 0.3) is 22.6 Å². The molecule has 3 aromatic carbocycles. The molecule has 0 aliphatic rings. The summed E-state index contributed by atoms with van der Waals surface area (Å²) in [5, 5.41) is 0.586. The highest BCUT2D eigenvalue weighted by Crippen LogP contribution is 2.39. The monoisotopic (exact) mass is 417 g/mol. The van der Waals surface area contributed by atoms with Crippen molar-refractivity contribution >= 4 is 22.7 Å². The topological polar surface area (TPSA) is 35.3 Å². The Morgan fingerprint density at radius 1 is 1.00 bits per heavy atom. The van der Waals surface area contributed by atoms with Crippen LogP contribution in [0.2, 0.25) is 5.02 Å². The van der Waals surface area contributed by atoms with E-state index in [1.54, 1.807) is 55.5 Å². The molecule has 0 bridgehead atoms. The molecular weight excluding hydrogens is 403 g/mol. The number of alkyl halides is 3. The van der Waals surface area contributed by atoms with Crippen LogP contribution in [0, 0.1) is 0 Å². The summed E-state index contributed by atoms with van der Waals surface area (Å²) in [6.07, 6.45) is -4.92. The molecule has 0 N–H and O–H groups in total. The second-order valence-electron chi connectivity index (χ2n) is 6.51. The molecule has 0 fully saturated rings. The van der Waals surface area contributed by atoms with E-state index < -0.39 is 17.8 Å². The van der Waals surface area contributed by atoms with E-state index in [0.717, 1.165) is 17.7 Å². The third-order valence-corrected chi connectivity index (χ3v) is 4.73. The summed E-state index contributed by atoms with van der Waals surface area (Å²) in [6.45, 7) is 1.80. The second-order valence-corrected chi connectivity index (χ2v) is 6.94. The molecule has 0 aliphatic heterocycles. The van der Waals surface area contributed by atoms with Gasteiger partial charge in [-0.15, -0.1) is 0 Å². The molecule has 1 aromatic heterocycles. The number of hydrogen-bond donors (Lipinski definition) is 0. The van der Waals surface area contributed by atoms with Crippen LogP contribution in [0.1, 0.15) is 24.2 Å². The first-order valence-corrected chi connectivity index (χ1v) is 9.18.